The summed E-state index contributed by atoms with van der Waals surface area (Å²) < 4.78 is 0. The van der Waals surface area contributed by atoms with Gasteiger partial charge in [0.15, 0.2) is 0 Å². The lowest BCUT2D eigenvalue weighted by Gasteiger charge is -2.22. The van der Waals surface area contributed by atoms with E-state index >= 15 is 0 Å². The van der Waals surface area contributed by atoms with Crippen LogP contribution in [0.2, 0.25) is 0 Å². The van der Waals surface area contributed by atoms with Crippen molar-refractivity contribution in [2.24, 2.45) is 5.92 Å². The van der Waals surface area contributed by atoms with Gasteiger partial charge in [0.05, 0.1) is 5.25 Å². The minimum atomic E-state index is -0.126. The monoisotopic (exact) mass is 375 g/mol. The molecule has 25 heavy (non-hydrogen) atoms. The molecular weight excluding hydrogens is 350 g/mol. The maximum Gasteiger partial charge on any atom is 0.233 e. The van der Waals surface area contributed by atoms with Gasteiger partial charge in [0.25, 0.3) is 0 Å². The Morgan fingerprint density at radius 1 is 1.28 bits per heavy atom. The largest absolute Gasteiger partial charge is 0.355 e. The summed E-state index contributed by atoms with van der Waals surface area (Å²) in [5.41, 5.74) is 1.43. The van der Waals surface area contributed by atoms with Crippen molar-refractivity contribution in [3.8, 4) is 0 Å². The van der Waals surface area contributed by atoms with E-state index in [-0.39, 0.29) is 11.2 Å². The maximum absolute atomic E-state index is 12.5. The third kappa shape index (κ3) is 3.70. The Balaban J connectivity index is 1.42. The molecule has 134 valence electrons. The number of nitrogens with one attached hydrogen (secondary N) is 1. The van der Waals surface area contributed by atoms with E-state index in [1.54, 1.807) is 29.4 Å². The number of aryl methyl sites for hydroxylation is 2. The zero-order valence-electron chi connectivity index (χ0n) is 14.7. The summed E-state index contributed by atoms with van der Waals surface area (Å²) in [6, 6.07) is 0. The van der Waals surface area contributed by atoms with Crippen LogP contribution in [0.4, 0.5) is 0 Å². The summed E-state index contributed by atoms with van der Waals surface area (Å²) in [5.74, 6) is 0.801. The van der Waals surface area contributed by atoms with E-state index in [4.69, 9.17) is 0 Å². The molecule has 0 aliphatic heterocycles. The second kappa shape index (κ2) is 7.62. The average molecular weight is 376 g/mol. The quantitative estimate of drug-likeness (QED) is 0.623. The van der Waals surface area contributed by atoms with Gasteiger partial charge in [0, 0.05) is 16.8 Å². The smallest absolute Gasteiger partial charge is 0.233 e. The summed E-state index contributed by atoms with van der Waals surface area (Å²) in [6.45, 7) is 2.82. The summed E-state index contributed by atoms with van der Waals surface area (Å²) in [5, 5.41) is 5.22. The van der Waals surface area contributed by atoms with Gasteiger partial charge in [-0.1, -0.05) is 31.0 Å². The highest BCUT2D eigenvalue weighted by Crippen LogP contribution is 2.40. The first-order valence-corrected chi connectivity index (χ1v) is 11.1. The number of amides is 1. The van der Waals surface area contributed by atoms with Crippen molar-refractivity contribution in [2.75, 3.05) is 6.54 Å². The normalized spacial score (nSPS) is 19.1. The molecule has 1 N–H and O–H groups in total. The van der Waals surface area contributed by atoms with E-state index in [0.29, 0.717) is 5.92 Å². The molecule has 1 unspecified atom stereocenters. The van der Waals surface area contributed by atoms with Gasteiger partial charge in [-0.05, 0) is 50.5 Å². The lowest BCUT2D eigenvalue weighted by molar-refractivity contribution is -0.120. The molecule has 1 atom stereocenters. The van der Waals surface area contributed by atoms with Crippen LogP contribution in [0.5, 0.6) is 0 Å². The number of hydrogen-bond donors (Lipinski definition) is 1. The Kier molecular flexibility index (Phi) is 5.27. The molecule has 0 aromatic carbocycles. The predicted molar refractivity (Wildman–Crippen MR) is 104 cm³/mol. The minimum absolute atomic E-state index is 0.126. The highest BCUT2D eigenvalue weighted by molar-refractivity contribution is 8.00. The SMILES string of the molecule is CC(Sc1ncnc2sc3c(c12)CCC3)C(=O)NCC1CCCCC1. The second-order valence-corrected chi connectivity index (χ2v) is 9.64. The Labute approximate surface area is 157 Å². The molecule has 2 aromatic rings. The molecule has 1 saturated carbocycles. The van der Waals surface area contributed by atoms with E-state index < -0.39 is 0 Å². The van der Waals surface area contributed by atoms with Gasteiger partial charge in [-0.2, -0.15) is 0 Å². The molecule has 2 aromatic heterocycles. The van der Waals surface area contributed by atoms with Gasteiger partial charge in [-0.3, -0.25) is 4.79 Å². The summed E-state index contributed by atoms with van der Waals surface area (Å²) in [6.07, 6.45) is 11.7. The highest BCUT2D eigenvalue weighted by atomic mass is 32.2. The number of nitrogens with zero attached hydrogens (tertiary/aromatic N) is 2. The third-order valence-electron chi connectivity index (χ3n) is 5.41. The standard InChI is InChI=1S/C19H25N3OS2/c1-12(17(23)20-10-13-6-3-2-4-7-13)24-18-16-14-8-5-9-15(14)25-19(16)22-11-21-18/h11-13H,2-10H2,1H3,(H,20,23). The summed E-state index contributed by atoms with van der Waals surface area (Å²) in [4.78, 5) is 24.0. The van der Waals surface area contributed by atoms with Crippen LogP contribution < -0.4 is 5.32 Å². The van der Waals surface area contributed by atoms with E-state index in [1.165, 1.54) is 54.4 Å². The lowest BCUT2D eigenvalue weighted by Crippen LogP contribution is -2.35. The topological polar surface area (TPSA) is 54.9 Å². The molecule has 2 heterocycles. The number of aromatic nitrogens is 2. The van der Waals surface area contributed by atoms with Crippen LogP contribution in [0.25, 0.3) is 10.2 Å². The van der Waals surface area contributed by atoms with Crippen LogP contribution in [-0.2, 0) is 17.6 Å². The number of rotatable bonds is 5. The molecule has 4 rings (SSSR count). The van der Waals surface area contributed by atoms with Gasteiger partial charge in [0.1, 0.15) is 16.2 Å². The van der Waals surface area contributed by atoms with Crippen molar-refractivity contribution in [3.05, 3.63) is 16.8 Å². The van der Waals surface area contributed by atoms with Crippen LogP contribution in [0.1, 0.15) is 55.9 Å². The maximum atomic E-state index is 12.5. The zero-order valence-corrected chi connectivity index (χ0v) is 16.3. The summed E-state index contributed by atoms with van der Waals surface area (Å²) >= 11 is 3.38. The molecule has 0 spiro atoms. The molecule has 6 heteroatoms. The number of carbonyl (C=O) groups is 1. The van der Waals surface area contributed by atoms with Crippen molar-refractivity contribution in [1.82, 2.24) is 15.3 Å². The van der Waals surface area contributed by atoms with Gasteiger partial charge < -0.3 is 5.32 Å². The molecule has 2 aliphatic carbocycles. The van der Waals surface area contributed by atoms with Crippen LogP contribution in [0, 0.1) is 5.92 Å². The predicted octanol–water partition coefficient (Wildman–Crippen LogP) is 4.36. The van der Waals surface area contributed by atoms with Gasteiger partial charge in [-0.15, -0.1) is 11.3 Å². The van der Waals surface area contributed by atoms with Crippen molar-refractivity contribution in [2.45, 2.75) is 68.6 Å². The fourth-order valence-corrected chi connectivity index (χ4v) is 6.25. The third-order valence-corrected chi connectivity index (χ3v) is 7.71. The molecule has 0 bridgehead atoms. The Bertz CT molecular complexity index is 767. The molecule has 0 radical (unpaired) electrons. The van der Waals surface area contributed by atoms with Crippen LogP contribution >= 0.6 is 23.1 Å². The van der Waals surface area contributed by atoms with Crippen molar-refractivity contribution in [1.29, 1.82) is 0 Å². The number of thiophene rings is 1. The van der Waals surface area contributed by atoms with Crippen molar-refractivity contribution in [3.63, 3.8) is 0 Å². The minimum Gasteiger partial charge on any atom is -0.355 e. The molecule has 4 nitrogen and oxygen atoms in total. The Morgan fingerprint density at radius 3 is 2.96 bits per heavy atom. The second-order valence-electron chi connectivity index (χ2n) is 7.23. The highest BCUT2D eigenvalue weighted by Gasteiger charge is 2.24. The van der Waals surface area contributed by atoms with Gasteiger partial charge in [-0.25, -0.2) is 9.97 Å². The van der Waals surface area contributed by atoms with Crippen molar-refractivity contribution < 1.29 is 4.79 Å². The van der Waals surface area contributed by atoms with E-state index in [9.17, 15) is 4.79 Å². The fourth-order valence-electron chi connectivity index (χ4n) is 3.99. The molecule has 1 fully saturated rings. The van der Waals surface area contributed by atoms with Gasteiger partial charge >= 0.3 is 0 Å². The lowest BCUT2D eigenvalue weighted by atomic mass is 9.89. The Hall–Kier alpha value is -1.14. The first-order valence-electron chi connectivity index (χ1n) is 9.42. The van der Waals surface area contributed by atoms with E-state index in [0.717, 1.165) is 29.2 Å². The van der Waals surface area contributed by atoms with Gasteiger partial charge in [0.2, 0.25) is 5.91 Å². The first-order chi connectivity index (χ1) is 12.2. The van der Waals surface area contributed by atoms with Crippen LogP contribution in [0.15, 0.2) is 11.4 Å². The first kappa shape index (κ1) is 17.3. The fraction of sp³-hybridized carbons (Fsp3) is 0.632. The molecule has 1 amide bonds. The number of hydrogen-bond acceptors (Lipinski definition) is 5. The molecular formula is C19H25N3OS2. The Morgan fingerprint density at radius 2 is 2.12 bits per heavy atom. The van der Waals surface area contributed by atoms with E-state index in [1.807, 2.05) is 6.92 Å². The molecule has 2 aliphatic rings. The zero-order chi connectivity index (χ0) is 17.2. The number of fused-ring (bicyclic) bond motifs is 3. The van der Waals surface area contributed by atoms with E-state index in [2.05, 4.69) is 15.3 Å². The average Bonchev–Trinajstić information content (AvgIpc) is 3.21. The summed E-state index contributed by atoms with van der Waals surface area (Å²) in [7, 11) is 0. The number of carbonyl (C=O) groups excluding carboxylic acids is 1. The molecule has 0 saturated heterocycles. The van der Waals surface area contributed by atoms with Crippen LogP contribution in [0.3, 0.4) is 0 Å². The number of thioether (sulfide) groups is 1. The van der Waals surface area contributed by atoms with Crippen LogP contribution in [-0.4, -0.2) is 27.7 Å². The van der Waals surface area contributed by atoms with Crippen molar-refractivity contribution >= 4 is 39.2 Å².